The van der Waals surface area contributed by atoms with Crippen LogP contribution in [0.5, 0.6) is 0 Å². The van der Waals surface area contributed by atoms with Crippen molar-refractivity contribution in [3.63, 3.8) is 0 Å². The third-order valence-corrected chi connectivity index (χ3v) is 5.08. The molecular formula is C14H22ClFN2O4S. The van der Waals surface area contributed by atoms with Gasteiger partial charge >= 0.3 is 5.97 Å². The highest BCUT2D eigenvalue weighted by Crippen LogP contribution is 2.24. The zero-order valence-electron chi connectivity index (χ0n) is 13.5. The number of benzene rings is 1. The smallest absolute Gasteiger partial charge is 0.339 e. The largest absolute Gasteiger partial charge is 0.465 e. The maximum atomic E-state index is 13.5. The molecule has 1 aromatic rings. The molecular weight excluding hydrogens is 347 g/mol. The van der Waals surface area contributed by atoms with Crippen LogP contribution in [0.1, 0.15) is 24.2 Å². The Morgan fingerprint density at radius 1 is 1.39 bits per heavy atom. The van der Waals surface area contributed by atoms with Gasteiger partial charge in [-0.3, -0.25) is 0 Å². The quantitative estimate of drug-likeness (QED) is 0.771. The van der Waals surface area contributed by atoms with Crippen molar-refractivity contribution in [3.8, 4) is 0 Å². The number of carbonyl (C=O) groups is 1. The van der Waals surface area contributed by atoms with E-state index in [0.717, 1.165) is 29.6 Å². The van der Waals surface area contributed by atoms with Crippen LogP contribution in [0.15, 0.2) is 23.1 Å². The number of carbonyl (C=O) groups excluding carboxylic acids is 1. The fourth-order valence-electron chi connectivity index (χ4n) is 1.91. The van der Waals surface area contributed by atoms with E-state index in [-0.39, 0.29) is 31.1 Å². The summed E-state index contributed by atoms with van der Waals surface area (Å²) in [5, 5.41) is 0. The molecule has 2 N–H and O–H groups in total. The van der Waals surface area contributed by atoms with Crippen LogP contribution in [0.2, 0.25) is 0 Å². The van der Waals surface area contributed by atoms with E-state index < -0.39 is 32.1 Å². The summed E-state index contributed by atoms with van der Waals surface area (Å²) < 4.78 is 44.3. The zero-order chi connectivity index (χ0) is 17.1. The Morgan fingerprint density at radius 2 is 1.96 bits per heavy atom. The lowest BCUT2D eigenvalue weighted by Crippen LogP contribution is -2.40. The third-order valence-electron chi connectivity index (χ3n) is 3.24. The lowest BCUT2D eigenvalue weighted by molar-refractivity contribution is 0.0596. The van der Waals surface area contributed by atoms with Gasteiger partial charge in [0.15, 0.2) is 0 Å². The fraction of sp³-hybridized carbons (Fsp3) is 0.500. The van der Waals surface area contributed by atoms with Crippen LogP contribution in [0.3, 0.4) is 0 Å². The standard InChI is InChI=1S/C14H21FN2O4S.ClH/c1-14(2,8-16)9-17(3)22(19,20)12-7-10(15)5-6-11(12)13(18)21-4;/h5-7H,8-9,16H2,1-4H3;1H. The van der Waals surface area contributed by atoms with Crippen LogP contribution in [0.4, 0.5) is 4.39 Å². The van der Waals surface area contributed by atoms with E-state index in [2.05, 4.69) is 4.74 Å². The molecule has 0 aromatic heterocycles. The van der Waals surface area contributed by atoms with Crippen molar-refractivity contribution in [3.05, 3.63) is 29.6 Å². The van der Waals surface area contributed by atoms with Crippen molar-refractivity contribution < 1.29 is 22.3 Å². The van der Waals surface area contributed by atoms with E-state index in [1.54, 1.807) is 0 Å². The van der Waals surface area contributed by atoms with Crippen LogP contribution in [-0.4, -0.2) is 45.9 Å². The Hall–Kier alpha value is -1.22. The Labute approximate surface area is 142 Å². The first kappa shape index (κ1) is 21.8. The minimum Gasteiger partial charge on any atom is -0.465 e. The van der Waals surface area contributed by atoms with Gasteiger partial charge in [-0.2, -0.15) is 0 Å². The van der Waals surface area contributed by atoms with Gasteiger partial charge in [0.1, 0.15) is 5.82 Å². The first-order valence-corrected chi connectivity index (χ1v) is 8.03. The van der Waals surface area contributed by atoms with Crippen molar-refractivity contribution in [2.75, 3.05) is 27.2 Å². The average Bonchev–Trinajstić information content (AvgIpc) is 2.45. The molecule has 0 saturated carbocycles. The van der Waals surface area contributed by atoms with Crippen molar-refractivity contribution in [1.82, 2.24) is 4.31 Å². The zero-order valence-corrected chi connectivity index (χ0v) is 15.1. The highest BCUT2D eigenvalue weighted by Gasteiger charge is 2.31. The van der Waals surface area contributed by atoms with Crippen LogP contribution < -0.4 is 5.73 Å². The number of halogens is 2. The van der Waals surface area contributed by atoms with Crippen LogP contribution >= 0.6 is 12.4 Å². The molecule has 1 aromatic carbocycles. The molecule has 0 spiro atoms. The normalized spacial score (nSPS) is 12.0. The first-order chi connectivity index (χ1) is 10.0. The van der Waals surface area contributed by atoms with Gasteiger partial charge in [0.05, 0.1) is 17.6 Å². The summed E-state index contributed by atoms with van der Waals surface area (Å²) in [6, 6.07) is 2.92. The first-order valence-electron chi connectivity index (χ1n) is 6.59. The van der Waals surface area contributed by atoms with E-state index in [4.69, 9.17) is 5.73 Å². The van der Waals surface area contributed by atoms with Gasteiger partial charge in [0, 0.05) is 13.6 Å². The lowest BCUT2D eigenvalue weighted by atomic mass is 9.94. The van der Waals surface area contributed by atoms with Crippen molar-refractivity contribution in [1.29, 1.82) is 0 Å². The molecule has 1 rings (SSSR count). The Morgan fingerprint density at radius 3 is 2.43 bits per heavy atom. The van der Waals surface area contributed by atoms with Crippen molar-refractivity contribution in [2.45, 2.75) is 18.7 Å². The summed E-state index contributed by atoms with van der Waals surface area (Å²) >= 11 is 0. The van der Waals surface area contributed by atoms with Crippen LogP contribution in [-0.2, 0) is 14.8 Å². The molecule has 132 valence electrons. The summed E-state index contributed by atoms with van der Waals surface area (Å²) in [4.78, 5) is 11.3. The topological polar surface area (TPSA) is 89.7 Å². The van der Waals surface area contributed by atoms with E-state index in [0.29, 0.717) is 0 Å². The van der Waals surface area contributed by atoms with E-state index >= 15 is 0 Å². The summed E-state index contributed by atoms with van der Waals surface area (Å²) in [5.41, 5.74) is 4.94. The molecule has 0 aliphatic rings. The van der Waals surface area contributed by atoms with E-state index in [1.807, 2.05) is 13.8 Å². The monoisotopic (exact) mass is 368 g/mol. The summed E-state index contributed by atoms with van der Waals surface area (Å²) in [6.07, 6.45) is 0. The number of sulfonamides is 1. The molecule has 6 nitrogen and oxygen atoms in total. The second kappa shape index (κ2) is 8.05. The van der Waals surface area contributed by atoms with Crippen LogP contribution in [0.25, 0.3) is 0 Å². The van der Waals surface area contributed by atoms with Crippen molar-refractivity contribution >= 4 is 28.4 Å². The second-order valence-corrected chi connectivity index (χ2v) is 7.77. The van der Waals surface area contributed by atoms with Gasteiger partial charge < -0.3 is 10.5 Å². The average molecular weight is 369 g/mol. The summed E-state index contributed by atoms with van der Waals surface area (Å²) in [7, 11) is -1.57. The molecule has 0 saturated heterocycles. The maximum absolute atomic E-state index is 13.5. The van der Waals surface area contributed by atoms with Crippen LogP contribution in [0, 0.1) is 11.2 Å². The number of methoxy groups -OCH3 is 1. The Kier molecular flexibility index (Phi) is 7.62. The van der Waals surface area contributed by atoms with E-state index in [9.17, 15) is 17.6 Å². The van der Waals surface area contributed by atoms with Gasteiger partial charge in [-0.25, -0.2) is 21.9 Å². The Balaban J connectivity index is 0.00000484. The van der Waals surface area contributed by atoms with Crippen molar-refractivity contribution in [2.24, 2.45) is 11.1 Å². The number of nitrogens with zero attached hydrogens (tertiary/aromatic N) is 1. The summed E-state index contributed by atoms with van der Waals surface area (Å²) in [6.45, 7) is 4.03. The second-order valence-electron chi connectivity index (χ2n) is 5.76. The highest BCUT2D eigenvalue weighted by atomic mass is 35.5. The third kappa shape index (κ3) is 5.13. The molecule has 9 heteroatoms. The van der Waals surface area contributed by atoms with Gasteiger partial charge in [0.25, 0.3) is 0 Å². The fourth-order valence-corrected chi connectivity index (χ4v) is 3.45. The number of ether oxygens (including phenoxy) is 1. The number of nitrogens with two attached hydrogens (primary N) is 1. The maximum Gasteiger partial charge on any atom is 0.339 e. The predicted octanol–water partition coefficient (Wildman–Crippen LogP) is 1.64. The molecule has 0 radical (unpaired) electrons. The molecule has 0 bridgehead atoms. The molecule has 0 aliphatic carbocycles. The van der Waals surface area contributed by atoms with Gasteiger partial charge in [-0.1, -0.05) is 13.8 Å². The molecule has 0 aliphatic heterocycles. The van der Waals surface area contributed by atoms with Gasteiger partial charge in [-0.05, 0) is 30.2 Å². The SMILES string of the molecule is COC(=O)c1ccc(F)cc1S(=O)(=O)N(C)CC(C)(C)CN.Cl. The number of rotatable bonds is 6. The lowest BCUT2D eigenvalue weighted by Gasteiger charge is -2.28. The minimum atomic E-state index is -4.05. The number of hydrogen-bond acceptors (Lipinski definition) is 5. The van der Waals surface area contributed by atoms with Gasteiger partial charge in [-0.15, -0.1) is 12.4 Å². The highest BCUT2D eigenvalue weighted by molar-refractivity contribution is 7.89. The predicted molar refractivity (Wildman–Crippen MR) is 87.6 cm³/mol. The summed E-state index contributed by atoms with van der Waals surface area (Å²) in [5.74, 6) is -1.59. The Bertz CT molecular complexity index is 665. The minimum absolute atomic E-state index is 0. The number of esters is 1. The molecule has 0 fully saturated rings. The number of hydrogen-bond donors (Lipinski definition) is 1. The molecule has 0 unspecified atom stereocenters. The molecule has 0 atom stereocenters. The van der Waals surface area contributed by atoms with Gasteiger partial charge in [0.2, 0.25) is 10.0 Å². The van der Waals surface area contributed by atoms with E-state index in [1.165, 1.54) is 7.05 Å². The molecule has 0 heterocycles. The molecule has 23 heavy (non-hydrogen) atoms. The molecule has 0 amide bonds.